The molecule has 0 bridgehead atoms. The minimum Gasteiger partial charge on any atom is -0.279 e. The standard InChI is InChI=1S/C16H21BrN2O4S3/c1-5-19(6-2)26(22,23)13-9-11(3)12(4)14(10-13)18-25(20,21)16-8-7-15(17)24-16/h7-10,18H,5-6H2,1-4H3. The van der Waals surface area contributed by atoms with E-state index in [0.29, 0.717) is 28.0 Å². The zero-order valence-electron chi connectivity index (χ0n) is 14.9. The van der Waals surface area contributed by atoms with Crippen LogP contribution in [-0.2, 0) is 20.0 Å². The highest BCUT2D eigenvalue weighted by atomic mass is 79.9. The Balaban J connectivity index is 2.52. The number of nitrogens with one attached hydrogen (secondary N) is 1. The lowest BCUT2D eigenvalue weighted by atomic mass is 10.1. The van der Waals surface area contributed by atoms with Crippen molar-refractivity contribution in [2.24, 2.45) is 0 Å². The minimum absolute atomic E-state index is 0.0781. The summed E-state index contributed by atoms with van der Waals surface area (Å²) in [5, 5.41) is 0. The van der Waals surface area contributed by atoms with Gasteiger partial charge in [0.05, 0.1) is 14.4 Å². The van der Waals surface area contributed by atoms with E-state index in [4.69, 9.17) is 0 Å². The number of anilines is 1. The minimum atomic E-state index is -3.80. The van der Waals surface area contributed by atoms with Gasteiger partial charge in [0.15, 0.2) is 0 Å². The van der Waals surface area contributed by atoms with Gasteiger partial charge in [0.25, 0.3) is 10.0 Å². The van der Waals surface area contributed by atoms with Crippen molar-refractivity contribution < 1.29 is 16.8 Å². The molecule has 0 aliphatic heterocycles. The summed E-state index contributed by atoms with van der Waals surface area (Å²) in [6.07, 6.45) is 0. The van der Waals surface area contributed by atoms with Gasteiger partial charge < -0.3 is 0 Å². The van der Waals surface area contributed by atoms with Gasteiger partial charge in [0.1, 0.15) is 4.21 Å². The molecule has 0 unspecified atom stereocenters. The fourth-order valence-electron chi connectivity index (χ4n) is 2.43. The van der Waals surface area contributed by atoms with Crippen LogP contribution in [0.15, 0.2) is 37.2 Å². The quantitative estimate of drug-likeness (QED) is 0.649. The zero-order chi connectivity index (χ0) is 19.7. The second-order valence-electron chi connectivity index (χ2n) is 5.67. The third kappa shape index (κ3) is 4.30. The van der Waals surface area contributed by atoms with E-state index in [0.717, 1.165) is 11.3 Å². The number of hydrogen-bond acceptors (Lipinski definition) is 5. The van der Waals surface area contributed by atoms with E-state index >= 15 is 0 Å². The number of sulfonamides is 2. The molecule has 10 heteroatoms. The first kappa shape index (κ1) is 21.4. The molecule has 1 heterocycles. The molecular weight excluding hydrogens is 460 g/mol. The number of hydrogen-bond donors (Lipinski definition) is 1. The number of aryl methyl sites for hydroxylation is 1. The Labute approximate surface area is 167 Å². The maximum atomic E-state index is 12.8. The number of halogens is 1. The highest BCUT2D eigenvalue weighted by Crippen LogP contribution is 2.31. The molecule has 144 valence electrons. The van der Waals surface area contributed by atoms with E-state index in [1.165, 1.54) is 16.4 Å². The van der Waals surface area contributed by atoms with Gasteiger partial charge >= 0.3 is 0 Å². The maximum Gasteiger partial charge on any atom is 0.271 e. The normalized spacial score (nSPS) is 12.5. The topological polar surface area (TPSA) is 83.6 Å². The molecule has 0 aliphatic carbocycles. The summed E-state index contributed by atoms with van der Waals surface area (Å²) in [4.78, 5) is 0.0781. The molecule has 2 aromatic rings. The van der Waals surface area contributed by atoms with Crippen LogP contribution in [-0.4, -0.2) is 34.2 Å². The summed E-state index contributed by atoms with van der Waals surface area (Å²) in [5.74, 6) is 0. The zero-order valence-corrected chi connectivity index (χ0v) is 18.9. The highest BCUT2D eigenvalue weighted by molar-refractivity contribution is 9.11. The van der Waals surface area contributed by atoms with Crippen LogP contribution in [0.5, 0.6) is 0 Å². The maximum absolute atomic E-state index is 12.8. The Kier molecular flexibility index (Phi) is 6.55. The monoisotopic (exact) mass is 480 g/mol. The van der Waals surface area contributed by atoms with Crippen LogP contribution in [0.2, 0.25) is 0 Å². The number of thiophene rings is 1. The SMILES string of the molecule is CCN(CC)S(=O)(=O)c1cc(C)c(C)c(NS(=O)(=O)c2ccc(Br)s2)c1. The molecule has 1 aromatic carbocycles. The average Bonchev–Trinajstić information content (AvgIpc) is 2.99. The molecule has 1 N–H and O–H groups in total. The molecule has 0 saturated heterocycles. The third-order valence-electron chi connectivity index (χ3n) is 4.04. The van der Waals surface area contributed by atoms with Crippen LogP contribution in [0.1, 0.15) is 25.0 Å². The van der Waals surface area contributed by atoms with Gasteiger partial charge in [-0.2, -0.15) is 4.31 Å². The Hall–Kier alpha value is -0.940. The lowest BCUT2D eigenvalue weighted by Crippen LogP contribution is -2.30. The lowest BCUT2D eigenvalue weighted by Gasteiger charge is -2.20. The van der Waals surface area contributed by atoms with Gasteiger partial charge in [-0.15, -0.1) is 11.3 Å². The first-order valence-electron chi connectivity index (χ1n) is 7.92. The van der Waals surface area contributed by atoms with Crippen molar-refractivity contribution in [1.29, 1.82) is 0 Å². The smallest absolute Gasteiger partial charge is 0.271 e. The van der Waals surface area contributed by atoms with Gasteiger partial charge in [0.2, 0.25) is 10.0 Å². The van der Waals surface area contributed by atoms with Crippen LogP contribution < -0.4 is 4.72 Å². The van der Waals surface area contributed by atoms with Gasteiger partial charge in [-0.3, -0.25) is 4.72 Å². The molecule has 6 nitrogen and oxygen atoms in total. The van der Waals surface area contributed by atoms with Crippen LogP contribution in [0.3, 0.4) is 0 Å². The molecule has 0 amide bonds. The molecule has 2 rings (SSSR count). The fraction of sp³-hybridized carbons (Fsp3) is 0.375. The summed E-state index contributed by atoms with van der Waals surface area (Å²) in [6, 6.07) is 6.10. The Morgan fingerprint density at radius 1 is 1.08 bits per heavy atom. The van der Waals surface area contributed by atoms with Gasteiger partial charge in [-0.25, -0.2) is 16.8 Å². The summed E-state index contributed by atoms with van der Waals surface area (Å²) >= 11 is 4.33. The number of rotatable bonds is 7. The van der Waals surface area contributed by atoms with E-state index in [9.17, 15) is 16.8 Å². The van der Waals surface area contributed by atoms with Crippen molar-refractivity contribution in [3.8, 4) is 0 Å². The Morgan fingerprint density at radius 2 is 1.69 bits per heavy atom. The molecule has 0 radical (unpaired) electrons. The van der Waals surface area contributed by atoms with Gasteiger partial charge in [0, 0.05) is 13.1 Å². The molecule has 1 aromatic heterocycles. The number of nitrogens with zero attached hydrogens (tertiary/aromatic N) is 1. The van der Waals surface area contributed by atoms with Crippen molar-refractivity contribution in [2.75, 3.05) is 17.8 Å². The number of benzene rings is 1. The summed E-state index contributed by atoms with van der Waals surface area (Å²) < 4.78 is 55.5. The Morgan fingerprint density at radius 3 is 2.19 bits per heavy atom. The van der Waals surface area contributed by atoms with Crippen molar-refractivity contribution in [3.05, 3.63) is 39.2 Å². The van der Waals surface area contributed by atoms with E-state index in [2.05, 4.69) is 20.7 Å². The van der Waals surface area contributed by atoms with Crippen molar-refractivity contribution in [2.45, 2.75) is 36.8 Å². The van der Waals surface area contributed by atoms with E-state index < -0.39 is 20.0 Å². The summed E-state index contributed by atoms with van der Waals surface area (Å²) in [6.45, 7) is 7.73. The van der Waals surface area contributed by atoms with Crippen LogP contribution in [0.25, 0.3) is 0 Å². The predicted octanol–water partition coefficient (Wildman–Crippen LogP) is 3.96. The highest BCUT2D eigenvalue weighted by Gasteiger charge is 2.25. The molecule has 26 heavy (non-hydrogen) atoms. The van der Waals surface area contributed by atoms with Crippen molar-refractivity contribution in [3.63, 3.8) is 0 Å². The van der Waals surface area contributed by atoms with Crippen molar-refractivity contribution >= 4 is 53.0 Å². The van der Waals surface area contributed by atoms with E-state index in [1.54, 1.807) is 39.8 Å². The second-order valence-corrected chi connectivity index (χ2v) is 12.0. The van der Waals surface area contributed by atoms with Gasteiger partial charge in [-0.1, -0.05) is 13.8 Å². The summed E-state index contributed by atoms with van der Waals surface area (Å²) in [5.41, 5.74) is 1.64. The average molecular weight is 481 g/mol. The first-order valence-corrected chi connectivity index (χ1v) is 12.5. The Bertz CT molecular complexity index is 1010. The molecule has 0 atom stereocenters. The van der Waals surface area contributed by atoms with E-state index in [1.807, 2.05) is 0 Å². The predicted molar refractivity (Wildman–Crippen MR) is 109 cm³/mol. The van der Waals surface area contributed by atoms with Crippen LogP contribution in [0.4, 0.5) is 5.69 Å². The molecule has 0 aliphatic rings. The molecule has 0 fully saturated rings. The second kappa shape index (κ2) is 7.97. The fourth-order valence-corrected chi connectivity index (χ4v) is 7.13. The molecule has 0 saturated carbocycles. The van der Waals surface area contributed by atoms with Crippen molar-refractivity contribution in [1.82, 2.24) is 4.31 Å². The van der Waals surface area contributed by atoms with Crippen LogP contribution >= 0.6 is 27.3 Å². The van der Waals surface area contributed by atoms with E-state index in [-0.39, 0.29) is 14.8 Å². The van der Waals surface area contributed by atoms with Gasteiger partial charge in [-0.05, 0) is 65.2 Å². The third-order valence-corrected chi connectivity index (χ3v) is 9.55. The lowest BCUT2D eigenvalue weighted by molar-refractivity contribution is 0.445. The molecular formula is C16H21BrN2O4S3. The largest absolute Gasteiger partial charge is 0.279 e. The summed E-state index contributed by atoms with van der Waals surface area (Å²) in [7, 11) is -7.48. The van der Waals surface area contributed by atoms with Crippen LogP contribution in [0, 0.1) is 13.8 Å². The first-order chi connectivity index (χ1) is 12.0. The molecule has 0 spiro atoms.